The Balaban J connectivity index is 0.00000169. The van der Waals surface area contributed by atoms with Gasteiger partial charge in [-0.1, -0.05) is 12.1 Å². The number of nitrogens with one attached hydrogen (secondary N) is 1. The predicted octanol–water partition coefficient (Wildman–Crippen LogP) is 4.87. The van der Waals surface area contributed by atoms with Gasteiger partial charge in [0.1, 0.15) is 0 Å². The molecular weight excluding hydrogens is 316 g/mol. The Kier molecular flexibility index (Phi) is 5.18. The molecule has 1 aromatic rings. The summed E-state index contributed by atoms with van der Waals surface area (Å²) in [6, 6.07) is 9.66. The minimum atomic E-state index is 0. The topological polar surface area (TPSA) is 15.3 Å². The second kappa shape index (κ2) is 6.88. The van der Waals surface area contributed by atoms with Crippen molar-refractivity contribution in [3.63, 3.8) is 0 Å². The highest BCUT2D eigenvalue weighted by molar-refractivity contribution is 5.85. The maximum absolute atomic E-state index is 3.89. The second-order valence-electron chi connectivity index (χ2n) is 8.94. The molecule has 0 spiro atoms. The quantitative estimate of drug-likeness (QED) is 0.816. The van der Waals surface area contributed by atoms with Crippen LogP contribution in [0.4, 0.5) is 5.69 Å². The van der Waals surface area contributed by atoms with Crippen molar-refractivity contribution in [2.75, 3.05) is 19.0 Å². The number of rotatable bonds is 5. The van der Waals surface area contributed by atoms with Crippen molar-refractivity contribution in [2.45, 2.75) is 58.0 Å². The van der Waals surface area contributed by atoms with E-state index in [9.17, 15) is 0 Å². The normalized spacial score (nSPS) is 34.7. The minimum absolute atomic E-state index is 0. The summed E-state index contributed by atoms with van der Waals surface area (Å²) in [6.45, 7) is 3.47. The Morgan fingerprint density at radius 3 is 1.96 bits per heavy atom. The molecule has 5 rings (SSSR count). The summed E-state index contributed by atoms with van der Waals surface area (Å²) in [5.41, 5.74) is 3.30. The van der Waals surface area contributed by atoms with Gasteiger partial charge in [-0.05, 0) is 86.3 Å². The first kappa shape index (κ1) is 18.1. The van der Waals surface area contributed by atoms with Gasteiger partial charge in [-0.3, -0.25) is 0 Å². The highest BCUT2D eigenvalue weighted by atomic mass is 35.5. The van der Waals surface area contributed by atoms with E-state index in [1.165, 1.54) is 49.8 Å². The lowest BCUT2D eigenvalue weighted by Crippen LogP contribution is -2.54. The molecule has 0 radical (unpaired) electrons. The third-order valence-electron chi connectivity index (χ3n) is 7.07. The molecule has 4 fully saturated rings. The van der Waals surface area contributed by atoms with E-state index < -0.39 is 0 Å². The van der Waals surface area contributed by atoms with E-state index in [1.807, 2.05) is 0 Å². The molecule has 1 unspecified atom stereocenters. The van der Waals surface area contributed by atoms with Gasteiger partial charge >= 0.3 is 0 Å². The van der Waals surface area contributed by atoms with Gasteiger partial charge in [-0.15, -0.1) is 12.4 Å². The minimum Gasteiger partial charge on any atom is -0.378 e. The Hall–Kier alpha value is -0.730. The lowest BCUT2D eigenvalue weighted by Gasteiger charge is -2.59. The number of hydrogen-bond acceptors (Lipinski definition) is 2. The molecule has 0 amide bonds. The molecular formula is C21H33ClN2. The number of nitrogens with zero attached hydrogens (tertiary/aromatic N) is 1. The fourth-order valence-electron chi connectivity index (χ4n) is 6.11. The highest BCUT2D eigenvalue weighted by Gasteiger charge is 2.52. The van der Waals surface area contributed by atoms with Crippen molar-refractivity contribution in [1.82, 2.24) is 5.32 Å². The Morgan fingerprint density at radius 1 is 1.00 bits per heavy atom. The Bertz CT molecular complexity index is 516. The summed E-state index contributed by atoms with van der Waals surface area (Å²) in [5.74, 6) is 3.14. The van der Waals surface area contributed by atoms with Gasteiger partial charge in [0, 0.05) is 32.4 Å². The Labute approximate surface area is 153 Å². The molecule has 4 bridgehead atoms. The number of anilines is 1. The van der Waals surface area contributed by atoms with Crippen LogP contribution in [-0.4, -0.2) is 20.1 Å². The SMILES string of the molecule is CC(NCc1ccc(N(C)C)cc1)C12CC3CC(CC(C3)C1)C2.Cl. The van der Waals surface area contributed by atoms with Crippen LogP contribution in [0.15, 0.2) is 24.3 Å². The highest BCUT2D eigenvalue weighted by Crippen LogP contribution is 2.61. The average Bonchev–Trinajstić information content (AvgIpc) is 2.51. The summed E-state index contributed by atoms with van der Waals surface area (Å²) >= 11 is 0. The predicted molar refractivity (Wildman–Crippen MR) is 105 cm³/mol. The molecule has 4 aliphatic rings. The van der Waals surface area contributed by atoms with Gasteiger partial charge < -0.3 is 10.2 Å². The first-order valence-electron chi connectivity index (χ1n) is 9.54. The first-order chi connectivity index (χ1) is 11.0. The molecule has 0 heterocycles. The summed E-state index contributed by atoms with van der Waals surface area (Å²) < 4.78 is 0. The number of hydrogen-bond donors (Lipinski definition) is 1. The van der Waals surface area contributed by atoms with Crippen LogP contribution in [0, 0.1) is 23.2 Å². The lowest BCUT2D eigenvalue weighted by atomic mass is 9.48. The molecule has 1 N–H and O–H groups in total. The zero-order valence-corrected chi connectivity index (χ0v) is 16.2. The average molecular weight is 349 g/mol. The third kappa shape index (κ3) is 3.32. The van der Waals surface area contributed by atoms with Crippen LogP contribution in [-0.2, 0) is 6.54 Å². The van der Waals surface area contributed by atoms with Crippen LogP contribution >= 0.6 is 12.4 Å². The van der Waals surface area contributed by atoms with Crippen molar-refractivity contribution >= 4 is 18.1 Å². The summed E-state index contributed by atoms with van der Waals surface area (Å²) in [5, 5.41) is 3.89. The van der Waals surface area contributed by atoms with Gasteiger partial charge in [0.2, 0.25) is 0 Å². The summed E-state index contributed by atoms with van der Waals surface area (Å²) in [7, 11) is 4.20. The van der Waals surface area contributed by atoms with E-state index in [1.54, 1.807) is 0 Å². The van der Waals surface area contributed by atoms with Crippen LogP contribution in [0.2, 0.25) is 0 Å². The molecule has 0 aliphatic heterocycles. The van der Waals surface area contributed by atoms with Crippen molar-refractivity contribution in [1.29, 1.82) is 0 Å². The maximum Gasteiger partial charge on any atom is 0.0361 e. The van der Waals surface area contributed by atoms with E-state index in [4.69, 9.17) is 0 Å². The van der Waals surface area contributed by atoms with E-state index in [-0.39, 0.29) is 12.4 Å². The molecule has 0 aromatic heterocycles. The van der Waals surface area contributed by atoms with E-state index >= 15 is 0 Å². The number of halogens is 1. The van der Waals surface area contributed by atoms with Crippen molar-refractivity contribution in [3.05, 3.63) is 29.8 Å². The zero-order chi connectivity index (χ0) is 16.0. The van der Waals surface area contributed by atoms with E-state index in [2.05, 4.69) is 55.5 Å². The van der Waals surface area contributed by atoms with Crippen molar-refractivity contribution in [2.24, 2.45) is 23.2 Å². The molecule has 3 heteroatoms. The van der Waals surface area contributed by atoms with E-state index in [0.717, 1.165) is 24.3 Å². The van der Waals surface area contributed by atoms with E-state index in [0.29, 0.717) is 11.5 Å². The molecule has 1 atom stereocenters. The molecule has 2 nitrogen and oxygen atoms in total. The smallest absolute Gasteiger partial charge is 0.0361 e. The van der Waals surface area contributed by atoms with Crippen LogP contribution < -0.4 is 10.2 Å². The van der Waals surface area contributed by atoms with Gasteiger partial charge in [0.05, 0.1) is 0 Å². The maximum atomic E-state index is 3.89. The molecule has 1 aromatic carbocycles. The monoisotopic (exact) mass is 348 g/mol. The summed E-state index contributed by atoms with van der Waals surface area (Å²) in [6.07, 6.45) is 9.10. The van der Waals surface area contributed by atoms with Crippen LogP contribution in [0.3, 0.4) is 0 Å². The molecule has 4 saturated carbocycles. The van der Waals surface area contributed by atoms with Crippen molar-refractivity contribution in [3.8, 4) is 0 Å². The van der Waals surface area contributed by atoms with Crippen LogP contribution in [0.1, 0.15) is 51.0 Å². The zero-order valence-electron chi connectivity index (χ0n) is 15.4. The van der Waals surface area contributed by atoms with Gasteiger partial charge in [0.25, 0.3) is 0 Å². The van der Waals surface area contributed by atoms with Gasteiger partial charge in [-0.2, -0.15) is 0 Å². The van der Waals surface area contributed by atoms with Crippen molar-refractivity contribution < 1.29 is 0 Å². The van der Waals surface area contributed by atoms with Crippen LogP contribution in [0.25, 0.3) is 0 Å². The molecule has 24 heavy (non-hydrogen) atoms. The van der Waals surface area contributed by atoms with Gasteiger partial charge in [-0.25, -0.2) is 0 Å². The standard InChI is InChI=1S/C21H32N2.ClH/c1-15(22-14-16-4-6-20(7-5-16)23(2)3)21-11-17-8-18(12-21)10-19(9-17)13-21;/h4-7,15,17-19,22H,8-14H2,1-3H3;1H. The largest absolute Gasteiger partial charge is 0.378 e. The van der Waals surface area contributed by atoms with Gasteiger partial charge in [0.15, 0.2) is 0 Å². The fraction of sp³-hybridized carbons (Fsp3) is 0.714. The fourth-order valence-corrected chi connectivity index (χ4v) is 6.11. The molecule has 134 valence electrons. The molecule has 0 saturated heterocycles. The number of benzene rings is 1. The van der Waals surface area contributed by atoms with Crippen LogP contribution in [0.5, 0.6) is 0 Å². The molecule has 4 aliphatic carbocycles. The second-order valence-corrected chi connectivity index (χ2v) is 8.94. The first-order valence-corrected chi connectivity index (χ1v) is 9.54. The summed E-state index contributed by atoms with van der Waals surface area (Å²) in [4.78, 5) is 2.16. The lowest BCUT2D eigenvalue weighted by molar-refractivity contribution is -0.0706. The third-order valence-corrected chi connectivity index (χ3v) is 7.07. The Morgan fingerprint density at radius 2 is 1.50 bits per heavy atom.